The molecule has 0 radical (unpaired) electrons. The number of carboxylic acid groups (broad SMARTS) is 1. The number of hydrogen-bond acceptors (Lipinski definition) is 3. The minimum absolute atomic E-state index is 0.0300. The highest BCUT2D eigenvalue weighted by Gasteiger charge is 2.42. The van der Waals surface area contributed by atoms with Gasteiger partial charge in [0.05, 0.1) is 10.8 Å². The average molecular weight is 266 g/mol. The van der Waals surface area contributed by atoms with E-state index in [1.165, 1.54) is 11.3 Å². The summed E-state index contributed by atoms with van der Waals surface area (Å²) >= 11 is 1.48. The van der Waals surface area contributed by atoms with E-state index >= 15 is 0 Å². The molecule has 0 spiro atoms. The Hall–Kier alpha value is -1.16. The van der Waals surface area contributed by atoms with E-state index in [2.05, 4.69) is 0 Å². The molecule has 1 aromatic heterocycles. The number of ketones is 1. The fourth-order valence-electron chi connectivity index (χ4n) is 2.91. The number of carbonyl (C=O) groups excluding carboxylic acids is 1. The molecule has 98 valence electrons. The second-order valence-electron chi connectivity index (χ2n) is 5.36. The Morgan fingerprint density at radius 3 is 2.39 bits per heavy atom. The molecule has 4 heteroatoms. The van der Waals surface area contributed by atoms with Crippen LogP contribution in [0.15, 0.2) is 6.07 Å². The van der Waals surface area contributed by atoms with Crippen LogP contribution in [0.2, 0.25) is 0 Å². The van der Waals surface area contributed by atoms with Crippen molar-refractivity contribution in [2.45, 2.75) is 33.6 Å². The molecule has 3 atom stereocenters. The molecule has 1 N–H and O–H groups in total. The first-order chi connectivity index (χ1) is 8.40. The second-order valence-corrected chi connectivity index (χ2v) is 6.62. The van der Waals surface area contributed by atoms with Crippen molar-refractivity contribution in [2.24, 2.45) is 17.8 Å². The minimum atomic E-state index is -0.830. The maximum atomic E-state index is 12.5. The fourth-order valence-corrected chi connectivity index (χ4v) is 3.94. The van der Waals surface area contributed by atoms with Gasteiger partial charge in [-0.15, -0.1) is 11.3 Å². The van der Waals surface area contributed by atoms with Gasteiger partial charge in [-0.25, -0.2) is 0 Å². The lowest BCUT2D eigenvalue weighted by Crippen LogP contribution is -2.25. The van der Waals surface area contributed by atoms with E-state index in [-0.39, 0.29) is 11.7 Å². The standard InChI is InChI=1S/C14H18O3S/c1-7-4-10(11(5-7)14(16)17)12(15)13-8(2)6-9(3)18-13/h6-7,10-11H,4-5H2,1-3H3,(H,16,17). The highest BCUT2D eigenvalue weighted by atomic mass is 32.1. The van der Waals surface area contributed by atoms with Gasteiger partial charge in [-0.05, 0) is 44.2 Å². The maximum absolute atomic E-state index is 12.5. The third kappa shape index (κ3) is 2.34. The predicted molar refractivity (Wildman–Crippen MR) is 71.1 cm³/mol. The molecule has 1 heterocycles. The molecule has 18 heavy (non-hydrogen) atoms. The van der Waals surface area contributed by atoms with Gasteiger partial charge in [0.25, 0.3) is 0 Å². The monoisotopic (exact) mass is 266 g/mol. The van der Waals surface area contributed by atoms with Crippen LogP contribution in [0.1, 0.15) is 39.9 Å². The molecule has 3 unspecified atom stereocenters. The molecule has 0 amide bonds. The summed E-state index contributed by atoms with van der Waals surface area (Å²) in [6.45, 7) is 5.92. The predicted octanol–water partition coefficient (Wildman–Crippen LogP) is 3.29. The number of aryl methyl sites for hydroxylation is 2. The summed E-state index contributed by atoms with van der Waals surface area (Å²) in [5.41, 5.74) is 0.978. The molecule has 0 aliphatic heterocycles. The van der Waals surface area contributed by atoms with Crippen molar-refractivity contribution in [1.82, 2.24) is 0 Å². The molecular formula is C14H18O3S. The zero-order valence-corrected chi connectivity index (χ0v) is 11.7. The number of thiophene rings is 1. The van der Waals surface area contributed by atoms with Crippen LogP contribution in [0.4, 0.5) is 0 Å². The van der Waals surface area contributed by atoms with Crippen molar-refractivity contribution < 1.29 is 14.7 Å². The summed E-state index contributed by atoms with van der Waals surface area (Å²) < 4.78 is 0. The van der Waals surface area contributed by atoms with Crippen LogP contribution in [0.5, 0.6) is 0 Å². The van der Waals surface area contributed by atoms with Gasteiger partial charge >= 0.3 is 5.97 Å². The highest BCUT2D eigenvalue weighted by molar-refractivity contribution is 7.14. The lowest BCUT2D eigenvalue weighted by Gasteiger charge is -2.13. The molecule has 1 aromatic rings. The molecule has 1 aliphatic carbocycles. The minimum Gasteiger partial charge on any atom is -0.481 e. The van der Waals surface area contributed by atoms with Crippen LogP contribution >= 0.6 is 11.3 Å². The smallest absolute Gasteiger partial charge is 0.307 e. The van der Waals surface area contributed by atoms with Crippen LogP contribution in [0.3, 0.4) is 0 Å². The Labute approximate surface area is 111 Å². The Morgan fingerprint density at radius 2 is 1.89 bits per heavy atom. The largest absolute Gasteiger partial charge is 0.481 e. The van der Waals surface area contributed by atoms with Crippen LogP contribution < -0.4 is 0 Å². The van der Waals surface area contributed by atoms with Crippen molar-refractivity contribution in [3.8, 4) is 0 Å². The molecule has 0 bridgehead atoms. The Morgan fingerprint density at radius 1 is 1.28 bits per heavy atom. The summed E-state index contributed by atoms with van der Waals surface area (Å²) in [6, 6.07) is 1.99. The molecule has 1 aliphatic rings. The highest BCUT2D eigenvalue weighted by Crippen LogP contribution is 2.39. The normalized spacial score (nSPS) is 27.4. The van der Waals surface area contributed by atoms with E-state index in [0.29, 0.717) is 18.8 Å². The van der Waals surface area contributed by atoms with E-state index in [4.69, 9.17) is 0 Å². The number of aliphatic carboxylic acids is 1. The molecule has 3 nitrogen and oxygen atoms in total. The van der Waals surface area contributed by atoms with E-state index in [1.54, 1.807) is 0 Å². The van der Waals surface area contributed by atoms with Gasteiger partial charge in [-0.1, -0.05) is 6.92 Å². The Balaban J connectivity index is 2.28. The zero-order valence-electron chi connectivity index (χ0n) is 10.9. The Kier molecular flexibility index (Phi) is 3.57. The van der Waals surface area contributed by atoms with Gasteiger partial charge in [0.1, 0.15) is 0 Å². The lowest BCUT2D eigenvalue weighted by atomic mass is 9.90. The van der Waals surface area contributed by atoms with Gasteiger partial charge in [-0.3, -0.25) is 9.59 Å². The summed E-state index contributed by atoms with van der Waals surface area (Å²) in [5.74, 6) is -1.32. The van der Waals surface area contributed by atoms with Crippen molar-refractivity contribution in [3.63, 3.8) is 0 Å². The molecular weight excluding hydrogens is 248 g/mol. The number of Topliss-reactive ketones (excluding diaryl/α,β-unsaturated/α-hetero) is 1. The molecule has 1 fully saturated rings. The first kappa shape index (κ1) is 13.3. The summed E-state index contributed by atoms with van der Waals surface area (Å²) in [7, 11) is 0. The van der Waals surface area contributed by atoms with Gasteiger partial charge in [0, 0.05) is 10.8 Å². The van der Waals surface area contributed by atoms with E-state index in [1.807, 2.05) is 26.8 Å². The maximum Gasteiger partial charge on any atom is 0.307 e. The number of carbonyl (C=O) groups is 2. The molecule has 0 aromatic carbocycles. The lowest BCUT2D eigenvalue weighted by molar-refractivity contribution is -0.142. The van der Waals surface area contributed by atoms with E-state index in [0.717, 1.165) is 15.3 Å². The van der Waals surface area contributed by atoms with Crippen molar-refractivity contribution in [1.29, 1.82) is 0 Å². The van der Waals surface area contributed by atoms with Gasteiger partial charge < -0.3 is 5.11 Å². The van der Waals surface area contributed by atoms with Crippen molar-refractivity contribution in [2.75, 3.05) is 0 Å². The fraction of sp³-hybridized carbons (Fsp3) is 0.571. The average Bonchev–Trinajstić information content (AvgIpc) is 2.81. The van der Waals surface area contributed by atoms with Crippen LogP contribution in [-0.2, 0) is 4.79 Å². The van der Waals surface area contributed by atoms with E-state index in [9.17, 15) is 14.7 Å². The van der Waals surface area contributed by atoms with Crippen LogP contribution in [0.25, 0.3) is 0 Å². The van der Waals surface area contributed by atoms with E-state index < -0.39 is 11.9 Å². The SMILES string of the molecule is Cc1cc(C)c(C(=O)C2CC(C)CC2C(=O)O)s1. The third-order valence-corrected chi connectivity index (χ3v) is 4.88. The second kappa shape index (κ2) is 4.84. The van der Waals surface area contributed by atoms with Gasteiger partial charge in [-0.2, -0.15) is 0 Å². The third-order valence-electron chi connectivity index (χ3n) is 3.72. The van der Waals surface area contributed by atoms with Gasteiger partial charge in [0.15, 0.2) is 5.78 Å². The van der Waals surface area contributed by atoms with Crippen LogP contribution in [-0.4, -0.2) is 16.9 Å². The number of rotatable bonds is 3. The summed E-state index contributed by atoms with van der Waals surface area (Å²) in [5, 5.41) is 9.22. The van der Waals surface area contributed by atoms with Crippen molar-refractivity contribution in [3.05, 3.63) is 21.4 Å². The molecule has 2 rings (SSSR count). The number of carboxylic acids is 1. The zero-order chi connectivity index (χ0) is 13.4. The first-order valence-electron chi connectivity index (χ1n) is 6.24. The number of hydrogen-bond donors (Lipinski definition) is 1. The van der Waals surface area contributed by atoms with Crippen LogP contribution in [0, 0.1) is 31.6 Å². The first-order valence-corrected chi connectivity index (χ1v) is 7.05. The quantitative estimate of drug-likeness (QED) is 0.854. The molecule has 0 saturated heterocycles. The Bertz CT molecular complexity index is 489. The van der Waals surface area contributed by atoms with Crippen molar-refractivity contribution >= 4 is 23.1 Å². The molecule has 1 saturated carbocycles. The summed E-state index contributed by atoms with van der Waals surface area (Å²) in [4.78, 5) is 25.6. The van der Waals surface area contributed by atoms with Gasteiger partial charge in [0.2, 0.25) is 0 Å². The summed E-state index contributed by atoms with van der Waals surface area (Å²) in [6.07, 6.45) is 1.32. The topological polar surface area (TPSA) is 54.4 Å².